The topological polar surface area (TPSA) is 172 Å². The summed E-state index contributed by atoms with van der Waals surface area (Å²) in [6.07, 6.45) is 5.36. The van der Waals surface area contributed by atoms with Crippen molar-refractivity contribution in [2.75, 3.05) is 29.9 Å². The molecule has 3 aromatic rings. The first-order valence-corrected chi connectivity index (χ1v) is 10.4. The normalized spacial score (nSPS) is 10.7. The third-order valence-corrected chi connectivity index (χ3v) is 4.74. The first-order chi connectivity index (χ1) is 16.0. The van der Waals surface area contributed by atoms with Gasteiger partial charge in [0, 0.05) is 24.8 Å². The molecule has 33 heavy (non-hydrogen) atoms. The molecule has 0 radical (unpaired) electrons. The Morgan fingerprint density at radius 1 is 1.39 bits per heavy atom. The van der Waals surface area contributed by atoms with Crippen LogP contribution in [0.25, 0.3) is 0 Å². The van der Waals surface area contributed by atoms with Gasteiger partial charge in [-0.2, -0.15) is 0 Å². The molecule has 176 valence electrons. The summed E-state index contributed by atoms with van der Waals surface area (Å²) in [5.41, 5.74) is 0.0890. The fraction of sp³-hybridized carbons (Fsp3) is 0.400. The molecule has 0 saturated carbocycles. The fourth-order valence-corrected chi connectivity index (χ4v) is 3.21. The number of aromatic nitrogens is 4. The highest BCUT2D eigenvalue weighted by Gasteiger charge is 2.28. The number of aryl methyl sites for hydroxylation is 1. The molecule has 0 aliphatic rings. The summed E-state index contributed by atoms with van der Waals surface area (Å²) in [5, 5.41) is 20.0. The zero-order valence-corrected chi connectivity index (χ0v) is 18.1. The number of aromatic amines is 2. The Hall–Kier alpha value is -4.16. The summed E-state index contributed by atoms with van der Waals surface area (Å²) in [7, 11) is 0. The van der Waals surface area contributed by atoms with Gasteiger partial charge in [0.2, 0.25) is 11.6 Å². The molecule has 0 unspecified atom stereocenters. The predicted molar refractivity (Wildman–Crippen MR) is 118 cm³/mol. The summed E-state index contributed by atoms with van der Waals surface area (Å²) >= 11 is 0. The Morgan fingerprint density at radius 2 is 2.24 bits per heavy atom. The molecule has 0 spiro atoms. The van der Waals surface area contributed by atoms with Crippen molar-refractivity contribution < 1.29 is 18.9 Å². The van der Waals surface area contributed by atoms with Crippen LogP contribution in [0, 0.1) is 10.1 Å². The van der Waals surface area contributed by atoms with E-state index in [0.29, 0.717) is 30.7 Å². The molecule has 0 bridgehead atoms. The van der Waals surface area contributed by atoms with Gasteiger partial charge in [0.15, 0.2) is 0 Å². The number of ether oxygens (including phenoxy) is 1. The number of nitrogens with one attached hydrogen (secondary N) is 3. The van der Waals surface area contributed by atoms with E-state index < -0.39 is 10.9 Å². The Bertz CT molecular complexity index is 1110. The number of rotatable bonds is 13. The predicted octanol–water partition coefficient (Wildman–Crippen LogP) is 2.00. The van der Waals surface area contributed by atoms with Crippen LogP contribution < -0.4 is 15.8 Å². The minimum absolute atomic E-state index is 0.0175. The number of furan rings is 1. The highest BCUT2D eigenvalue weighted by molar-refractivity contribution is 5.73. The highest BCUT2D eigenvalue weighted by atomic mass is 16.6. The van der Waals surface area contributed by atoms with Crippen molar-refractivity contribution in [2.24, 2.45) is 0 Å². The maximum Gasteiger partial charge on any atom is 0.353 e. The lowest BCUT2D eigenvalue weighted by atomic mass is 10.2. The summed E-state index contributed by atoms with van der Waals surface area (Å²) < 4.78 is 10.4. The second-order valence-corrected chi connectivity index (χ2v) is 7.01. The smallest absolute Gasteiger partial charge is 0.353 e. The molecule has 3 heterocycles. The zero-order valence-electron chi connectivity index (χ0n) is 18.1. The number of hydrogen-bond acceptors (Lipinski definition) is 10. The Morgan fingerprint density at radius 3 is 2.91 bits per heavy atom. The van der Waals surface area contributed by atoms with Gasteiger partial charge in [-0.15, -0.1) is 0 Å². The largest absolute Gasteiger partial charge is 0.467 e. The van der Waals surface area contributed by atoms with Crippen molar-refractivity contribution in [1.82, 2.24) is 20.2 Å². The fourth-order valence-electron chi connectivity index (χ4n) is 3.21. The standard InChI is InChI=1S/C20H25N7O6/c1-2-32-16(28)7-9-26(12-15-6-4-10-33-15)19-17(27(30)31)18(22-13-23-19)21-8-3-5-14-11-24-25-20(14)29/h4,6,10-11,13H,2-3,5,7-9,12H2,1H3,(H,21,22,23)(H2,24,25,29). The van der Waals surface area contributed by atoms with Crippen molar-refractivity contribution in [1.29, 1.82) is 0 Å². The lowest BCUT2D eigenvalue weighted by Crippen LogP contribution is -2.28. The van der Waals surface area contributed by atoms with Crippen molar-refractivity contribution in [3.05, 3.63) is 62.7 Å². The van der Waals surface area contributed by atoms with E-state index in [1.54, 1.807) is 30.2 Å². The van der Waals surface area contributed by atoms with Crippen molar-refractivity contribution in [3.8, 4) is 0 Å². The first kappa shape index (κ1) is 23.5. The molecular weight excluding hydrogens is 434 g/mol. The third-order valence-electron chi connectivity index (χ3n) is 4.74. The molecule has 3 rings (SSSR count). The highest BCUT2D eigenvalue weighted by Crippen LogP contribution is 2.32. The van der Waals surface area contributed by atoms with Crippen LogP contribution in [-0.4, -0.2) is 50.8 Å². The minimum Gasteiger partial charge on any atom is -0.467 e. The van der Waals surface area contributed by atoms with E-state index in [2.05, 4.69) is 25.5 Å². The number of carbonyl (C=O) groups is 1. The Labute approximate surface area is 188 Å². The van der Waals surface area contributed by atoms with E-state index in [-0.39, 0.29) is 49.0 Å². The molecule has 0 fully saturated rings. The van der Waals surface area contributed by atoms with Crippen LogP contribution in [0.1, 0.15) is 31.1 Å². The maximum atomic E-state index is 11.9. The van der Waals surface area contributed by atoms with E-state index in [1.165, 1.54) is 12.6 Å². The second kappa shape index (κ2) is 11.5. The number of H-pyrrole nitrogens is 2. The quantitative estimate of drug-likeness (QED) is 0.148. The molecule has 0 aromatic carbocycles. The zero-order chi connectivity index (χ0) is 23.6. The van der Waals surface area contributed by atoms with E-state index >= 15 is 0 Å². The van der Waals surface area contributed by atoms with Gasteiger partial charge in [-0.05, 0) is 31.9 Å². The van der Waals surface area contributed by atoms with Crippen LogP contribution in [-0.2, 0) is 22.5 Å². The molecule has 0 atom stereocenters. The van der Waals surface area contributed by atoms with E-state index in [0.717, 1.165) is 0 Å². The molecule has 3 aromatic heterocycles. The van der Waals surface area contributed by atoms with Crippen molar-refractivity contribution >= 4 is 23.3 Å². The molecule has 0 amide bonds. The lowest BCUT2D eigenvalue weighted by molar-refractivity contribution is -0.383. The SMILES string of the molecule is CCOC(=O)CCN(Cc1ccco1)c1ncnc(NCCCc2c[nH][nH]c2=O)c1[N+](=O)[O-]. The minimum atomic E-state index is -0.561. The average molecular weight is 459 g/mol. The second-order valence-electron chi connectivity index (χ2n) is 7.01. The van der Waals surface area contributed by atoms with E-state index in [4.69, 9.17) is 9.15 Å². The molecule has 0 aliphatic heterocycles. The van der Waals surface area contributed by atoms with Gasteiger partial charge in [-0.25, -0.2) is 9.97 Å². The van der Waals surface area contributed by atoms with Crippen LogP contribution in [0.4, 0.5) is 17.3 Å². The van der Waals surface area contributed by atoms with Gasteiger partial charge in [0.05, 0.1) is 30.8 Å². The van der Waals surface area contributed by atoms with Crippen LogP contribution in [0.15, 0.2) is 40.1 Å². The molecule has 0 saturated heterocycles. The van der Waals surface area contributed by atoms with Crippen LogP contribution >= 0.6 is 0 Å². The maximum absolute atomic E-state index is 11.9. The Balaban J connectivity index is 1.78. The van der Waals surface area contributed by atoms with Gasteiger partial charge in [0.1, 0.15) is 12.1 Å². The summed E-state index contributed by atoms with van der Waals surface area (Å²) in [6, 6.07) is 3.43. The summed E-state index contributed by atoms with van der Waals surface area (Å²) in [4.78, 5) is 44.6. The number of nitrogens with zero attached hydrogens (tertiary/aromatic N) is 4. The van der Waals surface area contributed by atoms with Crippen LogP contribution in [0.3, 0.4) is 0 Å². The molecule has 13 nitrogen and oxygen atoms in total. The molecule has 3 N–H and O–H groups in total. The van der Waals surface area contributed by atoms with E-state index in [9.17, 15) is 19.7 Å². The first-order valence-electron chi connectivity index (χ1n) is 10.4. The molecular formula is C20H25N7O6. The van der Waals surface area contributed by atoms with Crippen LogP contribution in [0.5, 0.6) is 0 Å². The molecule has 0 aliphatic carbocycles. The number of carbonyl (C=O) groups excluding carboxylic acids is 1. The summed E-state index contributed by atoms with van der Waals surface area (Å²) in [5.74, 6) is 0.239. The Kier molecular flexibility index (Phi) is 8.16. The third kappa shape index (κ3) is 6.41. The van der Waals surface area contributed by atoms with Crippen molar-refractivity contribution in [2.45, 2.75) is 32.7 Å². The van der Waals surface area contributed by atoms with Gasteiger partial charge in [-0.3, -0.25) is 24.8 Å². The average Bonchev–Trinajstić information content (AvgIpc) is 3.45. The van der Waals surface area contributed by atoms with Crippen LogP contribution in [0.2, 0.25) is 0 Å². The summed E-state index contributed by atoms with van der Waals surface area (Å²) in [6.45, 7) is 2.60. The van der Waals surface area contributed by atoms with Gasteiger partial charge in [0.25, 0.3) is 5.56 Å². The van der Waals surface area contributed by atoms with Gasteiger partial charge >= 0.3 is 11.7 Å². The van der Waals surface area contributed by atoms with Gasteiger partial charge < -0.3 is 24.5 Å². The lowest BCUT2D eigenvalue weighted by Gasteiger charge is -2.22. The number of anilines is 2. The van der Waals surface area contributed by atoms with Gasteiger partial charge in [-0.1, -0.05) is 0 Å². The monoisotopic (exact) mass is 459 g/mol. The number of esters is 1. The number of nitro groups is 1. The number of hydrogen-bond donors (Lipinski definition) is 3. The molecule has 13 heteroatoms. The van der Waals surface area contributed by atoms with Crippen molar-refractivity contribution in [3.63, 3.8) is 0 Å². The van der Waals surface area contributed by atoms with E-state index in [1.807, 2.05) is 0 Å².